The zero-order valence-electron chi connectivity index (χ0n) is 52.7. The lowest BCUT2D eigenvalue weighted by molar-refractivity contribution is -0.143. The highest BCUT2D eigenvalue weighted by atomic mass is 16.5. The van der Waals surface area contributed by atoms with Crippen LogP contribution >= 0.6 is 0 Å². The Labute approximate surface area is 487 Å². The van der Waals surface area contributed by atoms with E-state index in [1.54, 1.807) is 0 Å². The van der Waals surface area contributed by atoms with Gasteiger partial charge in [-0.05, 0) is 83.5 Å². The van der Waals surface area contributed by atoms with Crippen LogP contribution in [-0.4, -0.2) is 47.4 Å². The average Bonchev–Trinajstić information content (AvgIpc) is 3.44. The lowest BCUT2D eigenvalue weighted by Gasteiger charge is -2.22. The Bertz CT molecular complexity index is 1260. The summed E-state index contributed by atoms with van der Waals surface area (Å²) in [5.74, 6) is -0.0237. The molecule has 0 aromatic carbocycles. The molecule has 2 atom stereocenters. The van der Waals surface area contributed by atoms with Crippen molar-refractivity contribution in [2.24, 2.45) is 0 Å². The molecule has 6 heteroatoms. The molecule has 0 bridgehead atoms. The molecule has 0 aromatic heterocycles. The molecule has 0 saturated heterocycles. The minimum absolute atomic E-state index is 0.00891. The van der Waals surface area contributed by atoms with E-state index in [4.69, 9.17) is 4.74 Å². The van der Waals surface area contributed by atoms with Gasteiger partial charge in [0, 0.05) is 12.8 Å². The maximum atomic E-state index is 12.5. The Kier molecular flexibility index (Phi) is 65.9. The van der Waals surface area contributed by atoms with Gasteiger partial charge >= 0.3 is 5.97 Å². The first-order valence-corrected chi connectivity index (χ1v) is 35.2. The molecule has 0 heterocycles. The predicted octanol–water partition coefficient (Wildman–Crippen LogP) is 22.7. The van der Waals surface area contributed by atoms with Gasteiger partial charge in [0.15, 0.2) is 0 Å². The van der Waals surface area contributed by atoms with E-state index in [1.807, 2.05) is 0 Å². The van der Waals surface area contributed by atoms with Crippen LogP contribution in [0, 0.1) is 0 Å². The second-order valence-electron chi connectivity index (χ2n) is 24.2. The van der Waals surface area contributed by atoms with E-state index in [0.717, 1.165) is 51.4 Å². The largest absolute Gasteiger partial charge is 0.466 e. The van der Waals surface area contributed by atoms with Crippen LogP contribution in [-0.2, 0) is 14.3 Å². The lowest BCUT2D eigenvalue weighted by atomic mass is 10.0. The van der Waals surface area contributed by atoms with E-state index in [-0.39, 0.29) is 18.5 Å². The number of carbonyl (C=O) groups excluding carboxylic acids is 2. The highest BCUT2D eigenvalue weighted by molar-refractivity contribution is 5.76. The van der Waals surface area contributed by atoms with Crippen molar-refractivity contribution >= 4 is 11.9 Å². The second-order valence-corrected chi connectivity index (χ2v) is 24.2. The normalized spacial score (nSPS) is 12.7. The highest BCUT2D eigenvalue weighted by Crippen LogP contribution is 2.18. The van der Waals surface area contributed by atoms with Crippen molar-refractivity contribution in [3.63, 3.8) is 0 Å². The number of rotatable bonds is 66. The summed E-state index contributed by atoms with van der Waals surface area (Å²) in [4.78, 5) is 24.6. The van der Waals surface area contributed by atoms with Gasteiger partial charge in [-0.25, -0.2) is 0 Å². The van der Waals surface area contributed by atoms with Gasteiger partial charge in [-0.15, -0.1) is 0 Å². The van der Waals surface area contributed by atoms with Crippen LogP contribution in [0.1, 0.15) is 386 Å². The molecular formula is C72H137NO5. The molecule has 0 spiro atoms. The quantitative estimate of drug-likeness (QED) is 0.0320. The molecule has 0 aliphatic rings. The first-order chi connectivity index (χ1) is 38.5. The molecule has 2 unspecified atom stereocenters. The molecule has 1 amide bonds. The zero-order chi connectivity index (χ0) is 56.4. The van der Waals surface area contributed by atoms with E-state index in [2.05, 4.69) is 55.6 Å². The van der Waals surface area contributed by atoms with Gasteiger partial charge in [0.2, 0.25) is 5.91 Å². The first kappa shape index (κ1) is 76.1. The van der Waals surface area contributed by atoms with Gasteiger partial charge in [-0.1, -0.05) is 326 Å². The Morgan fingerprint density at radius 2 is 0.641 bits per heavy atom. The molecule has 0 fully saturated rings. The molecule has 0 radical (unpaired) electrons. The van der Waals surface area contributed by atoms with Gasteiger partial charge < -0.3 is 20.3 Å². The lowest BCUT2D eigenvalue weighted by Crippen LogP contribution is -2.45. The molecular weight excluding hydrogens is 959 g/mol. The number of carbonyl (C=O) groups is 2. The van der Waals surface area contributed by atoms with Crippen molar-refractivity contribution in [1.29, 1.82) is 0 Å². The number of hydrogen-bond donors (Lipinski definition) is 3. The van der Waals surface area contributed by atoms with Gasteiger partial charge in [0.25, 0.3) is 0 Å². The second kappa shape index (κ2) is 67.6. The monoisotopic (exact) mass is 1100 g/mol. The van der Waals surface area contributed by atoms with E-state index in [0.29, 0.717) is 25.9 Å². The summed E-state index contributed by atoms with van der Waals surface area (Å²) in [7, 11) is 0. The number of nitrogens with one attached hydrogen (secondary N) is 1. The standard InChI is InChI=1S/C72H137NO5/c1-3-5-7-9-11-13-15-17-19-20-34-38-42-46-50-54-58-62-66-72(77)78-67-63-59-55-51-47-43-39-35-32-30-28-26-24-22-21-23-25-27-29-31-33-37-41-45-49-53-57-61-65-71(76)73-69(68-74)70(75)64-60-56-52-48-44-40-36-18-16-14-12-10-8-6-4-2/h13,15,19-22,69-70,74-75H,3-12,14,16-18,23-68H2,1-2H3,(H,73,76)/b15-13-,20-19-,22-21-. The number of allylic oxidation sites excluding steroid dienone is 6. The van der Waals surface area contributed by atoms with Gasteiger partial charge in [0.1, 0.15) is 0 Å². The molecule has 460 valence electrons. The fourth-order valence-corrected chi connectivity index (χ4v) is 11.0. The smallest absolute Gasteiger partial charge is 0.305 e. The van der Waals surface area contributed by atoms with Crippen molar-refractivity contribution in [1.82, 2.24) is 5.32 Å². The fourth-order valence-electron chi connectivity index (χ4n) is 11.0. The summed E-state index contributed by atoms with van der Waals surface area (Å²) in [5, 5.41) is 23.3. The van der Waals surface area contributed by atoms with Gasteiger partial charge in [-0.3, -0.25) is 9.59 Å². The molecule has 0 saturated carbocycles. The Morgan fingerprint density at radius 1 is 0.359 bits per heavy atom. The van der Waals surface area contributed by atoms with Crippen molar-refractivity contribution in [3.05, 3.63) is 36.5 Å². The third-order valence-electron chi connectivity index (χ3n) is 16.4. The Balaban J connectivity index is 3.37. The maximum Gasteiger partial charge on any atom is 0.305 e. The maximum absolute atomic E-state index is 12.5. The third-order valence-corrected chi connectivity index (χ3v) is 16.4. The fraction of sp³-hybridized carbons (Fsp3) is 0.889. The van der Waals surface area contributed by atoms with Gasteiger partial charge in [0.05, 0.1) is 25.4 Å². The zero-order valence-corrected chi connectivity index (χ0v) is 52.7. The summed E-state index contributed by atoms with van der Waals surface area (Å²) in [6, 6.07) is -0.541. The molecule has 0 aliphatic heterocycles. The molecule has 0 aromatic rings. The minimum atomic E-state index is -0.664. The van der Waals surface area contributed by atoms with Crippen molar-refractivity contribution < 1.29 is 24.5 Å². The molecule has 0 aliphatic carbocycles. The average molecular weight is 1100 g/mol. The minimum Gasteiger partial charge on any atom is -0.466 e. The summed E-state index contributed by atoms with van der Waals surface area (Å²) >= 11 is 0. The number of esters is 1. The number of ether oxygens (including phenoxy) is 1. The molecule has 6 nitrogen and oxygen atoms in total. The first-order valence-electron chi connectivity index (χ1n) is 35.2. The van der Waals surface area contributed by atoms with Crippen LogP contribution in [0.25, 0.3) is 0 Å². The predicted molar refractivity (Wildman–Crippen MR) is 343 cm³/mol. The Hall–Kier alpha value is -1.92. The van der Waals surface area contributed by atoms with Crippen LogP contribution < -0.4 is 5.32 Å². The number of aliphatic hydroxyl groups is 2. The summed E-state index contributed by atoms with van der Waals surface area (Å²) in [5.41, 5.74) is 0. The molecule has 0 rings (SSSR count). The van der Waals surface area contributed by atoms with E-state index >= 15 is 0 Å². The SMILES string of the molecule is CCCCCC/C=C\C/C=C\CCCCCCCCCC(=O)OCCCCCCCCCCCCCC/C=C\CCCCCCCCCCCCCCC(=O)NC(CO)C(O)CCCCCCCCCCCCCCCCC. The van der Waals surface area contributed by atoms with Crippen molar-refractivity contribution in [2.45, 2.75) is 398 Å². The third kappa shape index (κ3) is 63.3. The number of unbranched alkanes of at least 4 members (excludes halogenated alkanes) is 49. The van der Waals surface area contributed by atoms with Crippen LogP contribution in [0.3, 0.4) is 0 Å². The van der Waals surface area contributed by atoms with Crippen LogP contribution in [0.15, 0.2) is 36.5 Å². The highest BCUT2D eigenvalue weighted by Gasteiger charge is 2.20. The van der Waals surface area contributed by atoms with Crippen molar-refractivity contribution in [3.8, 4) is 0 Å². The topological polar surface area (TPSA) is 95.9 Å². The van der Waals surface area contributed by atoms with E-state index < -0.39 is 12.1 Å². The molecule has 78 heavy (non-hydrogen) atoms. The number of amides is 1. The summed E-state index contributed by atoms with van der Waals surface area (Å²) in [6.07, 6.45) is 86.2. The van der Waals surface area contributed by atoms with E-state index in [1.165, 1.54) is 302 Å². The Morgan fingerprint density at radius 3 is 1.00 bits per heavy atom. The van der Waals surface area contributed by atoms with Crippen LogP contribution in [0.4, 0.5) is 0 Å². The van der Waals surface area contributed by atoms with Crippen LogP contribution in [0.5, 0.6) is 0 Å². The summed E-state index contributed by atoms with van der Waals surface area (Å²) < 4.78 is 5.50. The summed E-state index contributed by atoms with van der Waals surface area (Å²) in [6.45, 7) is 4.96. The van der Waals surface area contributed by atoms with Gasteiger partial charge in [-0.2, -0.15) is 0 Å². The van der Waals surface area contributed by atoms with Crippen LogP contribution in [0.2, 0.25) is 0 Å². The number of aliphatic hydroxyl groups excluding tert-OH is 2. The van der Waals surface area contributed by atoms with E-state index in [9.17, 15) is 19.8 Å². The number of hydrogen-bond acceptors (Lipinski definition) is 5. The van der Waals surface area contributed by atoms with Crippen molar-refractivity contribution in [2.75, 3.05) is 13.2 Å². The molecule has 3 N–H and O–H groups in total.